The van der Waals surface area contributed by atoms with Crippen LogP contribution in [0.15, 0.2) is 28.0 Å². The lowest BCUT2D eigenvalue weighted by Gasteiger charge is -2.07. The van der Waals surface area contributed by atoms with Crippen molar-refractivity contribution in [2.45, 2.75) is 9.79 Å². The van der Waals surface area contributed by atoms with E-state index in [9.17, 15) is 0 Å². The Hall–Kier alpha value is 0.0300. The number of nitrogens with one attached hydrogen (secondary N) is 1. The van der Waals surface area contributed by atoms with E-state index in [0.717, 1.165) is 10.6 Å². The van der Waals surface area contributed by atoms with Crippen LogP contribution < -0.4 is 9.25 Å². The highest BCUT2D eigenvalue weighted by Gasteiger charge is 2.16. The van der Waals surface area contributed by atoms with Crippen molar-refractivity contribution in [3.05, 3.63) is 18.2 Å². The van der Waals surface area contributed by atoms with Crippen molar-refractivity contribution < 1.29 is 0 Å². The molecule has 0 bridgehead atoms. The molecule has 5 heteroatoms. The van der Waals surface area contributed by atoms with Gasteiger partial charge in [-0.2, -0.15) is 4.83 Å². The van der Waals surface area contributed by atoms with E-state index in [4.69, 9.17) is 0 Å². The molecule has 0 saturated heterocycles. The van der Waals surface area contributed by atoms with Crippen molar-refractivity contribution in [2.24, 2.45) is 0 Å². The van der Waals surface area contributed by atoms with Gasteiger partial charge in [0.25, 0.3) is 0 Å². The molecule has 0 aliphatic carbocycles. The Labute approximate surface area is 80.4 Å². The second-order valence-corrected chi connectivity index (χ2v) is 3.90. The van der Waals surface area contributed by atoms with Crippen LogP contribution in [0, 0.1) is 0 Å². The predicted molar refractivity (Wildman–Crippen MR) is 54.2 cm³/mol. The molecular weight excluding hydrogens is 196 g/mol. The Bertz CT molecular complexity index is 289. The third kappa shape index (κ3) is 1.33. The largest absolute Gasteiger partial charge is 0.242 e. The van der Waals surface area contributed by atoms with Gasteiger partial charge in [-0.15, -0.1) is 12.6 Å². The molecule has 0 saturated carbocycles. The molecule has 1 aromatic carbocycles. The summed E-state index contributed by atoms with van der Waals surface area (Å²) >= 11 is 9.96. The lowest BCUT2D eigenvalue weighted by molar-refractivity contribution is 1.12. The summed E-state index contributed by atoms with van der Waals surface area (Å²) in [6.07, 6.45) is 0. The van der Waals surface area contributed by atoms with Gasteiger partial charge in [-0.05, 0) is 43.0 Å². The molecule has 0 fully saturated rings. The third-order valence-corrected chi connectivity index (χ3v) is 2.98. The van der Waals surface area contributed by atoms with Crippen molar-refractivity contribution >= 4 is 43.1 Å². The maximum absolute atomic E-state index is 4.23. The Balaban J connectivity index is 2.52. The molecule has 58 valence electrons. The molecule has 1 N–H and O–H groups in total. The molecule has 2 nitrogen and oxygen atoms in total. The topological polar surface area (TPSA) is 15.3 Å². The summed E-state index contributed by atoms with van der Waals surface area (Å²) in [6, 6.07) is 5.95. The van der Waals surface area contributed by atoms with Crippen LogP contribution in [0.5, 0.6) is 0 Å². The number of hydrazine groups is 1. The van der Waals surface area contributed by atoms with Crippen molar-refractivity contribution in [1.82, 2.24) is 4.83 Å². The fourth-order valence-electron chi connectivity index (χ4n) is 0.899. The van der Waals surface area contributed by atoms with Gasteiger partial charge in [-0.25, -0.2) is 4.41 Å². The predicted octanol–water partition coefficient (Wildman–Crippen LogP) is 2.15. The van der Waals surface area contributed by atoms with Gasteiger partial charge in [0, 0.05) is 4.90 Å². The summed E-state index contributed by atoms with van der Waals surface area (Å²) in [4.78, 5) is 5.12. The van der Waals surface area contributed by atoms with Crippen LogP contribution in [-0.2, 0) is 0 Å². The van der Waals surface area contributed by atoms with Gasteiger partial charge in [0.1, 0.15) is 0 Å². The maximum atomic E-state index is 4.23. The SMILES string of the molecule is Sc1ccc2c(c1)N(S)NS2. The highest BCUT2D eigenvalue weighted by molar-refractivity contribution is 7.99. The number of hydrogen-bond acceptors (Lipinski definition) is 5. The first-order valence-corrected chi connectivity index (χ1v) is 4.68. The first-order valence-electron chi connectivity index (χ1n) is 3.02. The van der Waals surface area contributed by atoms with E-state index in [1.807, 2.05) is 18.2 Å². The number of anilines is 1. The molecule has 0 aromatic heterocycles. The quantitative estimate of drug-likeness (QED) is 0.442. The summed E-state index contributed by atoms with van der Waals surface area (Å²) in [5, 5.41) is 0. The van der Waals surface area contributed by atoms with Gasteiger partial charge in [-0.3, -0.25) is 0 Å². The highest BCUT2D eigenvalue weighted by atomic mass is 32.2. The van der Waals surface area contributed by atoms with Crippen LogP contribution in [0.2, 0.25) is 0 Å². The maximum Gasteiger partial charge on any atom is 0.0814 e. The van der Waals surface area contributed by atoms with Crippen LogP contribution in [0.3, 0.4) is 0 Å². The Morgan fingerprint density at radius 1 is 1.45 bits per heavy atom. The number of thiol groups is 2. The number of fused-ring (bicyclic) bond motifs is 1. The van der Waals surface area contributed by atoms with Gasteiger partial charge in [0.05, 0.1) is 10.6 Å². The third-order valence-electron chi connectivity index (χ3n) is 1.41. The van der Waals surface area contributed by atoms with Gasteiger partial charge in [-0.1, -0.05) is 0 Å². The fourth-order valence-corrected chi connectivity index (χ4v) is 2.13. The molecule has 1 aliphatic heterocycles. The van der Waals surface area contributed by atoms with E-state index < -0.39 is 0 Å². The second-order valence-electron chi connectivity index (χ2n) is 2.16. The lowest BCUT2D eigenvalue weighted by atomic mass is 10.3. The Morgan fingerprint density at radius 2 is 2.27 bits per heavy atom. The van der Waals surface area contributed by atoms with E-state index in [0.29, 0.717) is 0 Å². The van der Waals surface area contributed by atoms with Crippen molar-refractivity contribution in [1.29, 1.82) is 0 Å². The number of nitrogens with zero attached hydrogens (tertiary/aromatic N) is 1. The molecule has 0 amide bonds. The zero-order valence-corrected chi connectivity index (χ0v) is 8.09. The molecule has 1 aliphatic rings. The van der Waals surface area contributed by atoms with E-state index in [1.165, 1.54) is 4.90 Å². The summed E-state index contributed by atoms with van der Waals surface area (Å²) in [6.45, 7) is 0. The zero-order chi connectivity index (χ0) is 7.84. The molecule has 11 heavy (non-hydrogen) atoms. The normalized spacial score (nSPS) is 15.3. The highest BCUT2D eigenvalue weighted by Crippen LogP contribution is 2.36. The minimum Gasteiger partial charge on any atom is -0.242 e. The smallest absolute Gasteiger partial charge is 0.0814 e. The second kappa shape index (κ2) is 2.82. The molecule has 0 spiro atoms. The first kappa shape index (κ1) is 7.67. The Kier molecular flexibility index (Phi) is 1.97. The molecule has 2 rings (SSSR count). The summed E-state index contributed by atoms with van der Waals surface area (Å²) in [7, 11) is 0. The van der Waals surface area contributed by atoms with E-state index >= 15 is 0 Å². The monoisotopic (exact) mass is 202 g/mol. The van der Waals surface area contributed by atoms with E-state index in [-0.39, 0.29) is 0 Å². The Morgan fingerprint density at radius 3 is 3.09 bits per heavy atom. The minimum absolute atomic E-state index is 0.951. The van der Waals surface area contributed by atoms with Gasteiger partial charge < -0.3 is 0 Å². The number of rotatable bonds is 0. The summed E-state index contributed by atoms with van der Waals surface area (Å²) in [5.74, 6) is 0. The molecule has 1 aromatic rings. The average Bonchev–Trinajstić information content (AvgIpc) is 2.33. The van der Waals surface area contributed by atoms with Crippen LogP contribution in [0.1, 0.15) is 0 Å². The molecule has 0 radical (unpaired) electrons. The average molecular weight is 202 g/mol. The first-order chi connectivity index (χ1) is 5.27. The van der Waals surface area contributed by atoms with Gasteiger partial charge in [0.2, 0.25) is 0 Å². The summed E-state index contributed by atoms with van der Waals surface area (Å²) in [5.41, 5.74) is 1.06. The van der Waals surface area contributed by atoms with Crippen LogP contribution in [-0.4, -0.2) is 0 Å². The lowest BCUT2D eigenvalue weighted by Crippen LogP contribution is -2.16. The molecule has 0 atom stereocenters. The van der Waals surface area contributed by atoms with Crippen molar-refractivity contribution in [3.63, 3.8) is 0 Å². The molecule has 0 unspecified atom stereocenters. The standard InChI is InChI=1S/C6H6N2S3/c9-4-1-2-6-5(3-4)8(10)7-11-6/h1-3,7,9-10H. The molecular formula is C6H6N2S3. The van der Waals surface area contributed by atoms with Crippen molar-refractivity contribution in [3.8, 4) is 0 Å². The van der Waals surface area contributed by atoms with Crippen LogP contribution >= 0.6 is 37.4 Å². The van der Waals surface area contributed by atoms with E-state index in [1.54, 1.807) is 16.4 Å². The van der Waals surface area contributed by atoms with Crippen LogP contribution in [0.25, 0.3) is 0 Å². The van der Waals surface area contributed by atoms with Gasteiger partial charge >= 0.3 is 0 Å². The van der Waals surface area contributed by atoms with Crippen molar-refractivity contribution in [2.75, 3.05) is 4.41 Å². The fraction of sp³-hybridized carbons (Fsp3) is 0. The number of hydrogen-bond donors (Lipinski definition) is 3. The van der Waals surface area contributed by atoms with Gasteiger partial charge in [0.15, 0.2) is 0 Å². The van der Waals surface area contributed by atoms with E-state index in [2.05, 4.69) is 30.3 Å². The molecule has 1 heterocycles. The zero-order valence-electron chi connectivity index (χ0n) is 5.48. The summed E-state index contributed by atoms with van der Waals surface area (Å²) < 4.78 is 1.68. The minimum atomic E-state index is 0.951. The number of benzene rings is 1. The van der Waals surface area contributed by atoms with Crippen LogP contribution in [0.4, 0.5) is 5.69 Å².